The van der Waals surface area contributed by atoms with Crippen LogP contribution in [0.15, 0.2) is 27.6 Å². The van der Waals surface area contributed by atoms with Crippen LogP contribution >= 0.6 is 15.9 Å². The van der Waals surface area contributed by atoms with Crippen LogP contribution in [0.4, 0.5) is 0 Å². The summed E-state index contributed by atoms with van der Waals surface area (Å²) in [4.78, 5) is 0.342. The first-order valence-corrected chi connectivity index (χ1v) is 6.41. The SMILES string of the molecule is [CH2]Cc1cc(S(C)(=O)=O)ccc1Br. The van der Waals surface area contributed by atoms with E-state index in [0.29, 0.717) is 11.3 Å². The van der Waals surface area contributed by atoms with E-state index in [2.05, 4.69) is 22.9 Å². The van der Waals surface area contributed by atoms with E-state index in [9.17, 15) is 8.42 Å². The monoisotopic (exact) mass is 261 g/mol. The average Bonchev–Trinajstić information content (AvgIpc) is 2.03. The summed E-state index contributed by atoms with van der Waals surface area (Å²) in [6.07, 6.45) is 1.77. The second-order valence-electron chi connectivity index (χ2n) is 2.78. The van der Waals surface area contributed by atoms with Crippen LogP contribution < -0.4 is 0 Å². The van der Waals surface area contributed by atoms with Crippen molar-refractivity contribution in [1.29, 1.82) is 0 Å². The van der Waals surface area contributed by atoms with E-state index in [4.69, 9.17) is 0 Å². The first kappa shape index (κ1) is 10.7. The molecule has 0 heterocycles. The molecule has 4 heteroatoms. The molecule has 0 saturated heterocycles. The van der Waals surface area contributed by atoms with E-state index in [1.165, 1.54) is 6.26 Å². The fourth-order valence-corrected chi connectivity index (χ4v) is 2.09. The van der Waals surface area contributed by atoms with Crippen LogP contribution in [0.25, 0.3) is 0 Å². The van der Waals surface area contributed by atoms with Gasteiger partial charge in [0.2, 0.25) is 0 Å². The van der Waals surface area contributed by atoms with Gasteiger partial charge in [-0.1, -0.05) is 15.9 Å². The average molecular weight is 262 g/mol. The van der Waals surface area contributed by atoms with Gasteiger partial charge in [0.25, 0.3) is 0 Å². The molecule has 1 radical (unpaired) electrons. The molecular formula is C9H10BrO2S. The lowest BCUT2D eigenvalue weighted by molar-refractivity contribution is 0.601. The van der Waals surface area contributed by atoms with Gasteiger partial charge in [0.1, 0.15) is 0 Å². The number of halogens is 1. The van der Waals surface area contributed by atoms with Crippen LogP contribution in [0.1, 0.15) is 5.56 Å². The summed E-state index contributed by atoms with van der Waals surface area (Å²) in [5.41, 5.74) is 0.905. The Morgan fingerprint density at radius 2 is 2.08 bits per heavy atom. The fourth-order valence-electron chi connectivity index (χ4n) is 0.973. The molecule has 1 aromatic rings. The normalized spacial score (nSPS) is 11.6. The molecule has 1 rings (SSSR count). The number of hydrogen-bond acceptors (Lipinski definition) is 2. The minimum Gasteiger partial charge on any atom is -0.224 e. The molecule has 1 aromatic carbocycles. The maximum absolute atomic E-state index is 11.2. The first-order valence-electron chi connectivity index (χ1n) is 3.73. The van der Waals surface area contributed by atoms with Gasteiger partial charge in [-0.25, -0.2) is 8.42 Å². The van der Waals surface area contributed by atoms with Gasteiger partial charge in [-0.2, -0.15) is 0 Å². The first-order chi connectivity index (χ1) is 5.95. The fraction of sp³-hybridized carbons (Fsp3) is 0.222. The summed E-state index contributed by atoms with van der Waals surface area (Å²) in [5.74, 6) is 0. The Hall–Kier alpha value is -0.350. The molecule has 0 amide bonds. The Morgan fingerprint density at radius 1 is 1.46 bits per heavy atom. The smallest absolute Gasteiger partial charge is 0.175 e. The lowest BCUT2D eigenvalue weighted by Gasteiger charge is -2.03. The Bertz CT molecular complexity index is 410. The molecule has 0 spiro atoms. The standard InChI is InChI=1S/C9H10BrO2S/c1-3-7-6-8(13(2,11)12)4-5-9(7)10/h4-6H,1,3H2,2H3. The Balaban J connectivity index is 3.30. The largest absolute Gasteiger partial charge is 0.224 e. The van der Waals surface area contributed by atoms with Gasteiger partial charge in [-0.05, 0) is 37.1 Å². The molecule has 71 valence electrons. The molecule has 0 N–H and O–H groups in total. The number of sulfone groups is 1. The highest BCUT2D eigenvalue weighted by atomic mass is 79.9. The molecule has 13 heavy (non-hydrogen) atoms. The second kappa shape index (κ2) is 3.80. The van der Waals surface area contributed by atoms with Gasteiger partial charge >= 0.3 is 0 Å². The molecule has 0 atom stereocenters. The predicted octanol–water partition coefficient (Wildman–Crippen LogP) is 2.23. The predicted molar refractivity (Wildman–Crippen MR) is 56.3 cm³/mol. The number of rotatable bonds is 2. The highest BCUT2D eigenvalue weighted by Crippen LogP contribution is 2.21. The lowest BCUT2D eigenvalue weighted by Crippen LogP contribution is -1.98. The van der Waals surface area contributed by atoms with Crippen LogP contribution in [-0.2, 0) is 16.3 Å². The second-order valence-corrected chi connectivity index (χ2v) is 5.65. The van der Waals surface area contributed by atoms with Crippen molar-refractivity contribution in [3.05, 3.63) is 35.2 Å². The third kappa shape index (κ3) is 2.54. The molecule has 0 unspecified atom stereocenters. The van der Waals surface area contributed by atoms with Crippen LogP contribution in [0.5, 0.6) is 0 Å². The van der Waals surface area contributed by atoms with Crippen molar-refractivity contribution >= 4 is 25.8 Å². The third-order valence-electron chi connectivity index (χ3n) is 1.71. The lowest BCUT2D eigenvalue weighted by atomic mass is 10.2. The van der Waals surface area contributed by atoms with Gasteiger partial charge in [0, 0.05) is 10.7 Å². The molecule has 0 bridgehead atoms. The van der Waals surface area contributed by atoms with Gasteiger partial charge in [-0.3, -0.25) is 0 Å². The highest BCUT2D eigenvalue weighted by molar-refractivity contribution is 9.10. The van der Waals surface area contributed by atoms with Crippen molar-refractivity contribution < 1.29 is 8.42 Å². The summed E-state index contributed by atoms with van der Waals surface area (Å²) in [6, 6.07) is 4.96. The van der Waals surface area contributed by atoms with E-state index in [0.717, 1.165) is 10.0 Å². The topological polar surface area (TPSA) is 34.1 Å². The van der Waals surface area contributed by atoms with Gasteiger partial charge in [0.05, 0.1) is 4.90 Å². The molecule has 2 nitrogen and oxygen atoms in total. The Labute approximate surface area is 87.0 Å². The number of benzene rings is 1. The third-order valence-corrected chi connectivity index (χ3v) is 3.60. The van der Waals surface area contributed by atoms with E-state index >= 15 is 0 Å². The maximum atomic E-state index is 11.2. The van der Waals surface area contributed by atoms with Crippen molar-refractivity contribution in [1.82, 2.24) is 0 Å². The van der Waals surface area contributed by atoms with E-state index in [1.807, 2.05) is 0 Å². The summed E-state index contributed by atoms with van der Waals surface area (Å²) in [6.45, 7) is 3.72. The molecule has 0 aliphatic carbocycles. The van der Waals surface area contributed by atoms with Crippen molar-refractivity contribution in [2.75, 3.05) is 6.26 Å². The Morgan fingerprint density at radius 3 is 2.54 bits per heavy atom. The zero-order chi connectivity index (χ0) is 10.1. The quantitative estimate of drug-likeness (QED) is 0.819. The van der Waals surface area contributed by atoms with Crippen LogP contribution in [-0.4, -0.2) is 14.7 Å². The minimum absolute atomic E-state index is 0.342. The van der Waals surface area contributed by atoms with Crippen molar-refractivity contribution in [2.45, 2.75) is 11.3 Å². The molecular weight excluding hydrogens is 252 g/mol. The van der Waals surface area contributed by atoms with E-state index in [-0.39, 0.29) is 0 Å². The van der Waals surface area contributed by atoms with Crippen molar-refractivity contribution in [3.63, 3.8) is 0 Å². The van der Waals surface area contributed by atoms with Crippen molar-refractivity contribution in [3.8, 4) is 0 Å². The summed E-state index contributed by atoms with van der Waals surface area (Å²) >= 11 is 3.32. The van der Waals surface area contributed by atoms with Crippen LogP contribution in [0.3, 0.4) is 0 Å². The molecule has 0 aromatic heterocycles. The summed E-state index contributed by atoms with van der Waals surface area (Å²) in [7, 11) is -3.10. The zero-order valence-electron chi connectivity index (χ0n) is 7.25. The maximum Gasteiger partial charge on any atom is 0.175 e. The summed E-state index contributed by atoms with van der Waals surface area (Å²) < 4.78 is 23.3. The summed E-state index contributed by atoms with van der Waals surface area (Å²) in [5, 5.41) is 0. The van der Waals surface area contributed by atoms with Crippen LogP contribution in [0.2, 0.25) is 0 Å². The van der Waals surface area contributed by atoms with Gasteiger partial charge in [0.15, 0.2) is 9.84 Å². The zero-order valence-corrected chi connectivity index (χ0v) is 9.65. The highest BCUT2D eigenvalue weighted by Gasteiger charge is 2.08. The minimum atomic E-state index is -3.10. The van der Waals surface area contributed by atoms with Gasteiger partial charge in [-0.15, -0.1) is 0 Å². The van der Waals surface area contributed by atoms with Crippen LogP contribution in [0, 0.1) is 6.92 Å². The molecule has 0 aliphatic heterocycles. The van der Waals surface area contributed by atoms with E-state index in [1.54, 1.807) is 18.2 Å². The van der Waals surface area contributed by atoms with Crippen molar-refractivity contribution in [2.24, 2.45) is 0 Å². The van der Waals surface area contributed by atoms with Gasteiger partial charge < -0.3 is 0 Å². The molecule has 0 saturated carbocycles. The van der Waals surface area contributed by atoms with E-state index < -0.39 is 9.84 Å². The molecule has 0 aliphatic rings. The number of hydrogen-bond donors (Lipinski definition) is 0. The molecule has 0 fully saturated rings. The Kier molecular flexibility index (Phi) is 3.14.